The number of aliphatic carboxylic acids is 1. The van der Waals surface area contributed by atoms with Crippen molar-refractivity contribution in [3.05, 3.63) is 29.8 Å². The van der Waals surface area contributed by atoms with Crippen LogP contribution in [-0.2, 0) is 26.0 Å². The monoisotopic (exact) mass is 315 g/mol. The van der Waals surface area contributed by atoms with Crippen molar-refractivity contribution in [2.75, 3.05) is 27.3 Å². The fourth-order valence-electron chi connectivity index (χ4n) is 1.79. The average molecular weight is 315 g/mol. The van der Waals surface area contributed by atoms with Crippen molar-refractivity contribution in [3.63, 3.8) is 0 Å². The molecule has 0 fully saturated rings. The van der Waals surface area contributed by atoms with Gasteiger partial charge in [-0.1, -0.05) is 19.1 Å². The van der Waals surface area contributed by atoms with E-state index in [1.165, 1.54) is 26.1 Å². The van der Waals surface area contributed by atoms with E-state index in [1.807, 2.05) is 0 Å². The number of carboxylic acids is 1. The van der Waals surface area contributed by atoms with Crippen LogP contribution in [0.4, 0.5) is 0 Å². The third-order valence-electron chi connectivity index (χ3n) is 3.18. The molecule has 0 aliphatic carbocycles. The maximum absolute atomic E-state index is 12.3. The molecule has 0 saturated carbocycles. The second-order valence-corrected chi connectivity index (χ2v) is 6.96. The van der Waals surface area contributed by atoms with Crippen LogP contribution in [0.5, 0.6) is 0 Å². The number of carboxylic acid groups (broad SMARTS) is 1. The van der Waals surface area contributed by atoms with E-state index in [4.69, 9.17) is 9.84 Å². The van der Waals surface area contributed by atoms with Crippen molar-refractivity contribution in [1.29, 1.82) is 0 Å². The second kappa shape index (κ2) is 7.53. The fourth-order valence-corrected chi connectivity index (χ4v) is 3.05. The molecule has 0 aliphatic heterocycles. The lowest BCUT2D eigenvalue weighted by atomic mass is 10.2. The van der Waals surface area contributed by atoms with Crippen LogP contribution in [0.25, 0.3) is 0 Å². The Hall–Kier alpha value is -1.44. The summed E-state index contributed by atoms with van der Waals surface area (Å²) in [5.41, 5.74) is 0.984. The van der Waals surface area contributed by atoms with E-state index in [0.717, 1.165) is 9.87 Å². The first-order chi connectivity index (χ1) is 9.78. The summed E-state index contributed by atoms with van der Waals surface area (Å²) < 4.78 is 30.7. The van der Waals surface area contributed by atoms with Crippen molar-refractivity contribution in [3.8, 4) is 0 Å². The quantitative estimate of drug-likeness (QED) is 0.779. The van der Waals surface area contributed by atoms with E-state index in [9.17, 15) is 13.2 Å². The number of hydrogen-bond donors (Lipinski definition) is 1. The molecule has 21 heavy (non-hydrogen) atoms. The zero-order valence-electron chi connectivity index (χ0n) is 12.4. The van der Waals surface area contributed by atoms with E-state index in [-0.39, 0.29) is 11.4 Å². The zero-order chi connectivity index (χ0) is 16.0. The lowest BCUT2D eigenvalue weighted by molar-refractivity contribution is -0.141. The molecular formula is C14H21NO5S. The van der Waals surface area contributed by atoms with Crippen molar-refractivity contribution in [1.82, 2.24) is 4.31 Å². The number of nitrogens with zero attached hydrogens (tertiary/aromatic N) is 1. The number of rotatable bonds is 8. The van der Waals surface area contributed by atoms with Gasteiger partial charge in [0.05, 0.1) is 17.4 Å². The Balaban J connectivity index is 2.84. The molecule has 1 rings (SSSR count). The number of carbonyl (C=O) groups is 1. The Kier molecular flexibility index (Phi) is 6.32. The predicted octanol–water partition coefficient (Wildman–Crippen LogP) is 1.22. The normalized spacial score (nSPS) is 13.3. The van der Waals surface area contributed by atoms with Crippen molar-refractivity contribution < 1.29 is 23.1 Å². The number of benzene rings is 1. The first kappa shape index (κ1) is 17.6. The van der Waals surface area contributed by atoms with Crippen LogP contribution >= 0.6 is 0 Å². The molecule has 7 heteroatoms. The standard InChI is InChI=1S/C14H21NO5S/c1-11(14(16)17)10-15(2)21(18,19)13-6-4-12(5-7-13)8-9-20-3/h4-7,11H,8-10H2,1-3H3,(H,16,17). The Morgan fingerprint density at radius 2 is 1.90 bits per heavy atom. The highest BCUT2D eigenvalue weighted by molar-refractivity contribution is 7.89. The molecule has 0 heterocycles. The summed E-state index contributed by atoms with van der Waals surface area (Å²) in [5.74, 6) is -1.78. The minimum atomic E-state index is -3.67. The molecule has 0 bridgehead atoms. The van der Waals surface area contributed by atoms with Crippen LogP contribution in [0.3, 0.4) is 0 Å². The maximum Gasteiger partial charge on any atom is 0.307 e. The molecule has 0 radical (unpaired) electrons. The van der Waals surface area contributed by atoms with Gasteiger partial charge in [-0.25, -0.2) is 12.7 Å². The molecule has 0 aromatic heterocycles. The van der Waals surface area contributed by atoms with E-state index < -0.39 is 21.9 Å². The van der Waals surface area contributed by atoms with Crippen molar-refractivity contribution in [2.45, 2.75) is 18.2 Å². The van der Waals surface area contributed by atoms with Gasteiger partial charge in [-0.05, 0) is 24.1 Å². The predicted molar refractivity (Wildman–Crippen MR) is 78.6 cm³/mol. The third kappa shape index (κ3) is 4.80. The zero-order valence-corrected chi connectivity index (χ0v) is 13.3. The molecule has 0 saturated heterocycles. The topological polar surface area (TPSA) is 83.9 Å². The van der Waals surface area contributed by atoms with E-state index >= 15 is 0 Å². The summed E-state index contributed by atoms with van der Waals surface area (Å²) in [6.45, 7) is 1.98. The number of sulfonamides is 1. The Bertz CT molecular complexity index is 568. The van der Waals surface area contributed by atoms with E-state index in [2.05, 4.69) is 0 Å². The Morgan fingerprint density at radius 1 is 1.33 bits per heavy atom. The molecule has 0 aliphatic rings. The number of hydrogen-bond acceptors (Lipinski definition) is 4. The van der Waals surface area contributed by atoms with Gasteiger partial charge in [0.1, 0.15) is 0 Å². The number of methoxy groups -OCH3 is 1. The van der Waals surface area contributed by atoms with Gasteiger partial charge in [-0.2, -0.15) is 0 Å². The van der Waals surface area contributed by atoms with Gasteiger partial charge in [-0.3, -0.25) is 4.79 Å². The van der Waals surface area contributed by atoms with Crippen LogP contribution in [-0.4, -0.2) is 51.1 Å². The molecule has 0 spiro atoms. The van der Waals surface area contributed by atoms with Crippen LogP contribution in [0.15, 0.2) is 29.2 Å². The fraction of sp³-hybridized carbons (Fsp3) is 0.500. The minimum Gasteiger partial charge on any atom is -0.481 e. The van der Waals surface area contributed by atoms with E-state index in [0.29, 0.717) is 13.0 Å². The smallest absolute Gasteiger partial charge is 0.307 e. The highest BCUT2D eigenvalue weighted by atomic mass is 32.2. The molecule has 1 N–H and O–H groups in total. The average Bonchev–Trinajstić information content (AvgIpc) is 2.45. The molecule has 1 atom stereocenters. The van der Waals surface area contributed by atoms with Gasteiger partial charge < -0.3 is 9.84 Å². The largest absolute Gasteiger partial charge is 0.481 e. The maximum atomic E-state index is 12.3. The Morgan fingerprint density at radius 3 is 2.38 bits per heavy atom. The SMILES string of the molecule is COCCc1ccc(S(=O)(=O)N(C)CC(C)C(=O)O)cc1. The summed E-state index contributed by atoms with van der Waals surface area (Å²) in [7, 11) is -0.675. The van der Waals surface area contributed by atoms with Crippen LogP contribution in [0, 0.1) is 5.92 Å². The van der Waals surface area contributed by atoms with Gasteiger partial charge in [0.15, 0.2) is 0 Å². The molecule has 6 nitrogen and oxygen atoms in total. The molecule has 1 unspecified atom stereocenters. The molecule has 0 amide bonds. The molecule has 1 aromatic rings. The highest BCUT2D eigenvalue weighted by Gasteiger charge is 2.24. The molecule has 118 valence electrons. The van der Waals surface area contributed by atoms with Gasteiger partial charge in [-0.15, -0.1) is 0 Å². The summed E-state index contributed by atoms with van der Waals surface area (Å²) in [4.78, 5) is 11.0. The third-order valence-corrected chi connectivity index (χ3v) is 5.02. The molecule has 1 aromatic carbocycles. The van der Waals surface area contributed by atoms with Gasteiger partial charge in [0.2, 0.25) is 10.0 Å². The first-order valence-corrected chi connectivity index (χ1v) is 8.00. The summed E-state index contributed by atoms with van der Waals surface area (Å²) >= 11 is 0. The lowest BCUT2D eigenvalue weighted by Crippen LogP contribution is -2.33. The van der Waals surface area contributed by atoms with Gasteiger partial charge in [0, 0.05) is 20.7 Å². The van der Waals surface area contributed by atoms with Gasteiger partial charge in [0.25, 0.3) is 0 Å². The summed E-state index contributed by atoms with van der Waals surface area (Å²) in [6, 6.07) is 6.53. The lowest BCUT2D eigenvalue weighted by Gasteiger charge is -2.19. The van der Waals surface area contributed by atoms with Crippen molar-refractivity contribution in [2.24, 2.45) is 5.92 Å². The van der Waals surface area contributed by atoms with Crippen LogP contribution in [0.1, 0.15) is 12.5 Å². The van der Waals surface area contributed by atoms with Crippen LogP contribution < -0.4 is 0 Å². The summed E-state index contributed by atoms with van der Waals surface area (Å²) in [6.07, 6.45) is 0.711. The molecular weight excluding hydrogens is 294 g/mol. The first-order valence-electron chi connectivity index (χ1n) is 6.56. The van der Waals surface area contributed by atoms with Crippen molar-refractivity contribution >= 4 is 16.0 Å². The number of ether oxygens (including phenoxy) is 1. The minimum absolute atomic E-state index is 0.0664. The van der Waals surface area contributed by atoms with Crippen LogP contribution in [0.2, 0.25) is 0 Å². The second-order valence-electron chi connectivity index (χ2n) is 4.91. The van der Waals surface area contributed by atoms with E-state index in [1.54, 1.807) is 19.2 Å². The Labute approximate surface area is 125 Å². The summed E-state index contributed by atoms with van der Waals surface area (Å²) in [5, 5.41) is 8.85. The van der Waals surface area contributed by atoms with Gasteiger partial charge >= 0.3 is 5.97 Å². The highest BCUT2D eigenvalue weighted by Crippen LogP contribution is 2.16.